The number of nitrogens with zero attached hydrogens (tertiary/aromatic N) is 2. The van der Waals surface area contributed by atoms with Crippen LogP contribution < -0.4 is 19.1 Å². The van der Waals surface area contributed by atoms with Gasteiger partial charge in [-0.3, -0.25) is 9.10 Å². The molecule has 1 N–H and O–H groups in total. The van der Waals surface area contributed by atoms with E-state index in [4.69, 9.17) is 9.47 Å². The first-order valence-corrected chi connectivity index (χ1v) is 13.8. The minimum Gasteiger partial charge on any atom is -0.497 e. The number of carbonyl (C=O) groups is 1. The third-order valence-corrected chi connectivity index (χ3v) is 7.92. The summed E-state index contributed by atoms with van der Waals surface area (Å²) in [5.41, 5.74) is 0.327. The molecule has 0 heterocycles. The fraction of sp³-hybridized carbons (Fsp3) is 0.409. The van der Waals surface area contributed by atoms with Crippen molar-refractivity contribution in [1.29, 1.82) is 0 Å². The molecule has 188 valence electrons. The number of ether oxygens (including phenoxy) is 2. The number of rotatable bonds is 12. The molecule has 0 saturated carbocycles. The highest BCUT2D eigenvalue weighted by Gasteiger charge is 2.31. The Kier molecular flexibility index (Phi) is 9.30. The molecule has 0 fully saturated rings. The van der Waals surface area contributed by atoms with E-state index in [0.29, 0.717) is 17.2 Å². The van der Waals surface area contributed by atoms with Crippen LogP contribution in [0.3, 0.4) is 0 Å². The van der Waals surface area contributed by atoms with Gasteiger partial charge in [0.05, 0.1) is 30.5 Å². The second kappa shape index (κ2) is 11.5. The predicted octanol–water partition coefficient (Wildman–Crippen LogP) is 1.69. The molecule has 0 aliphatic heterocycles. The van der Waals surface area contributed by atoms with Crippen LogP contribution in [0, 0.1) is 0 Å². The molecule has 0 spiro atoms. The van der Waals surface area contributed by atoms with Crippen LogP contribution in [0.1, 0.15) is 13.3 Å². The molecule has 0 aliphatic rings. The Morgan fingerprint density at radius 3 is 2.21 bits per heavy atom. The summed E-state index contributed by atoms with van der Waals surface area (Å²) >= 11 is 0. The SMILES string of the molecule is CC[C@H](C(=O)NCCOc1ccc(S(=O)(=O)N(C)C)cc1)N(c1cccc(OC)c1)S(C)(=O)=O. The van der Waals surface area contributed by atoms with Crippen LogP contribution in [-0.4, -0.2) is 73.7 Å². The highest BCUT2D eigenvalue weighted by atomic mass is 32.2. The molecule has 2 aromatic carbocycles. The molecule has 0 radical (unpaired) electrons. The van der Waals surface area contributed by atoms with Crippen LogP contribution in [0.15, 0.2) is 53.4 Å². The molecule has 1 atom stereocenters. The summed E-state index contributed by atoms with van der Waals surface area (Å²) in [6.07, 6.45) is 1.30. The summed E-state index contributed by atoms with van der Waals surface area (Å²) in [5, 5.41) is 2.70. The van der Waals surface area contributed by atoms with Crippen molar-refractivity contribution < 1.29 is 31.1 Å². The first-order chi connectivity index (χ1) is 15.9. The standard InChI is InChI=1S/C22H31N3O7S2/c1-6-21(25(33(5,27)28)17-8-7-9-19(16-17)31-4)22(26)23-14-15-32-18-10-12-20(13-11-18)34(29,30)24(2)3/h7-13,16,21H,6,14-15H2,1-5H3,(H,23,26)/t21-/m1/s1. The average molecular weight is 514 g/mol. The summed E-state index contributed by atoms with van der Waals surface area (Å²) in [6, 6.07) is 11.5. The van der Waals surface area contributed by atoms with Gasteiger partial charge in [-0.05, 0) is 42.8 Å². The Hall–Kier alpha value is -2.83. The zero-order chi connectivity index (χ0) is 25.5. The lowest BCUT2D eigenvalue weighted by Gasteiger charge is -2.30. The van der Waals surface area contributed by atoms with E-state index in [0.717, 1.165) is 14.9 Å². The lowest BCUT2D eigenvalue weighted by molar-refractivity contribution is -0.122. The fourth-order valence-corrected chi connectivity index (χ4v) is 5.29. The van der Waals surface area contributed by atoms with E-state index in [-0.39, 0.29) is 24.5 Å². The van der Waals surface area contributed by atoms with Crippen molar-refractivity contribution in [3.8, 4) is 11.5 Å². The Labute approximate surface area is 201 Å². The number of benzene rings is 2. The van der Waals surface area contributed by atoms with E-state index in [1.54, 1.807) is 31.2 Å². The molecule has 2 rings (SSSR count). The van der Waals surface area contributed by atoms with Crippen LogP contribution in [-0.2, 0) is 24.8 Å². The Bertz CT molecular complexity index is 1180. The fourth-order valence-electron chi connectivity index (χ4n) is 3.19. The molecule has 2 aromatic rings. The summed E-state index contributed by atoms with van der Waals surface area (Å²) < 4.78 is 62.2. The number of anilines is 1. The van der Waals surface area contributed by atoms with Crippen molar-refractivity contribution in [2.24, 2.45) is 0 Å². The molecule has 0 saturated heterocycles. The van der Waals surface area contributed by atoms with Crippen molar-refractivity contribution >= 4 is 31.6 Å². The topological polar surface area (TPSA) is 122 Å². The zero-order valence-corrected chi connectivity index (χ0v) is 21.5. The van der Waals surface area contributed by atoms with Crippen molar-refractivity contribution in [2.45, 2.75) is 24.3 Å². The summed E-state index contributed by atoms with van der Waals surface area (Å²) in [7, 11) is -2.92. The average Bonchev–Trinajstić information content (AvgIpc) is 2.79. The van der Waals surface area contributed by atoms with Crippen molar-refractivity contribution in [3.05, 3.63) is 48.5 Å². The third-order valence-electron chi connectivity index (χ3n) is 4.91. The lowest BCUT2D eigenvalue weighted by Crippen LogP contribution is -2.50. The van der Waals surface area contributed by atoms with Crippen LogP contribution in [0.4, 0.5) is 5.69 Å². The molecular formula is C22H31N3O7S2. The van der Waals surface area contributed by atoms with Gasteiger partial charge in [-0.2, -0.15) is 0 Å². The molecule has 34 heavy (non-hydrogen) atoms. The van der Waals surface area contributed by atoms with Crippen molar-refractivity contribution in [3.63, 3.8) is 0 Å². The van der Waals surface area contributed by atoms with E-state index in [9.17, 15) is 21.6 Å². The molecule has 12 heteroatoms. The maximum absolute atomic E-state index is 12.8. The van der Waals surface area contributed by atoms with Crippen LogP contribution in [0.2, 0.25) is 0 Å². The van der Waals surface area contributed by atoms with Gasteiger partial charge in [-0.15, -0.1) is 0 Å². The van der Waals surface area contributed by atoms with E-state index in [2.05, 4.69) is 5.32 Å². The first-order valence-electron chi connectivity index (χ1n) is 10.5. The number of carbonyl (C=O) groups excluding carboxylic acids is 1. The van der Waals surface area contributed by atoms with Gasteiger partial charge in [0.15, 0.2) is 0 Å². The summed E-state index contributed by atoms with van der Waals surface area (Å²) in [6.45, 7) is 1.96. The summed E-state index contributed by atoms with van der Waals surface area (Å²) in [5.74, 6) is 0.444. The van der Waals surface area contributed by atoms with E-state index < -0.39 is 32.0 Å². The molecule has 0 unspecified atom stereocenters. The number of nitrogens with one attached hydrogen (secondary N) is 1. The molecule has 1 amide bonds. The summed E-state index contributed by atoms with van der Waals surface area (Å²) in [4.78, 5) is 13.0. The predicted molar refractivity (Wildman–Crippen MR) is 130 cm³/mol. The van der Waals surface area contributed by atoms with Gasteiger partial charge < -0.3 is 14.8 Å². The first kappa shape index (κ1) is 27.4. The monoisotopic (exact) mass is 513 g/mol. The van der Waals surface area contributed by atoms with Gasteiger partial charge in [0.25, 0.3) is 0 Å². The van der Waals surface area contributed by atoms with Crippen LogP contribution in [0.25, 0.3) is 0 Å². The highest BCUT2D eigenvalue weighted by Crippen LogP contribution is 2.26. The molecule has 0 bridgehead atoms. The quantitative estimate of drug-likeness (QED) is 0.429. The number of methoxy groups -OCH3 is 1. The second-order valence-corrected chi connectivity index (χ2v) is 11.6. The van der Waals surface area contributed by atoms with Gasteiger partial charge in [0, 0.05) is 20.2 Å². The van der Waals surface area contributed by atoms with Gasteiger partial charge >= 0.3 is 0 Å². The molecule has 0 aliphatic carbocycles. The number of hydrogen-bond donors (Lipinski definition) is 1. The van der Waals surface area contributed by atoms with Gasteiger partial charge in [-0.25, -0.2) is 21.1 Å². The number of sulfonamides is 2. The zero-order valence-electron chi connectivity index (χ0n) is 19.9. The largest absolute Gasteiger partial charge is 0.497 e. The smallest absolute Gasteiger partial charge is 0.244 e. The van der Waals surface area contributed by atoms with Crippen molar-refractivity contribution in [2.75, 3.05) is 44.9 Å². The Balaban J connectivity index is 2.03. The van der Waals surface area contributed by atoms with Crippen LogP contribution >= 0.6 is 0 Å². The number of hydrogen-bond acceptors (Lipinski definition) is 7. The van der Waals surface area contributed by atoms with Gasteiger partial charge in [-0.1, -0.05) is 13.0 Å². The number of amides is 1. The third kappa shape index (κ3) is 6.84. The lowest BCUT2D eigenvalue weighted by atomic mass is 10.2. The maximum Gasteiger partial charge on any atom is 0.244 e. The van der Waals surface area contributed by atoms with Gasteiger partial charge in [0.1, 0.15) is 24.1 Å². The normalized spacial score (nSPS) is 12.8. The minimum atomic E-state index is -3.76. The van der Waals surface area contributed by atoms with Crippen LogP contribution in [0.5, 0.6) is 11.5 Å². The van der Waals surface area contributed by atoms with E-state index >= 15 is 0 Å². The minimum absolute atomic E-state index is 0.111. The highest BCUT2D eigenvalue weighted by molar-refractivity contribution is 7.92. The van der Waals surface area contributed by atoms with Gasteiger partial charge in [0.2, 0.25) is 26.0 Å². The second-order valence-electron chi connectivity index (χ2n) is 7.58. The molecule has 0 aromatic heterocycles. The molecular weight excluding hydrogens is 482 g/mol. The maximum atomic E-state index is 12.8. The Morgan fingerprint density at radius 2 is 1.68 bits per heavy atom. The van der Waals surface area contributed by atoms with E-state index in [1.807, 2.05) is 0 Å². The molecule has 10 nitrogen and oxygen atoms in total. The van der Waals surface area contributed by atoms with Crippen molar-refractivity contribution in [1.82, 2.24) is 9.62 Å². The van der Waals surface area contributed by atoms with E-state index in [1.165, 1.54) is 45.5 Å². The Morgan fingerprint density at radius 1 is 1.03 bits per heavy atom.